The van der Waals surface area contributed by atoms with E-state index in [2.05, 4.69) is 38.8 Å². The minimum Gasteiger partial charge on any atom is -0.467 e. The predicted octanol–water partition coefficient (Wildman–Crippen LogP) is 1.87. The van der Waals surface area contributed by atoms with Crippen molar-refractivity contribution in [1.29, 1.82) is 0 Å². The Morgan fingerprint density at radius 3 is 2.61 bits per heavy atom. The molecule has 1 aromatic heterocycles. The van der Waals surface area contributed by atoms with Gasteiger partial charge in [-0.05, 0) is 32.3 Å². The summed E-state index contributed by atoms with van der Waals surface area (Å²) in [5, 5.41) is 6.31. The fourth-order valence-electron chi connectivity index (χ4n) is 1.34. The average Bonchev–Trinajstić information content (AvgIpc) is 2.36. The lowest BCUT2D eigenvalue weighted by atomic mass is 10.3. The number of methoxy groups -OCH3 is 1. The Kier molecular flexibility index (Phi) is 6.56. The van der Waals surface area contributed by atoms with E-state index < -0.39 is 0 Å². The zero-order valence-electron chi connectivity index (χ0n) is 11.4. The molecule has 0 fully saturated rings. The van der Waals surface area contributed by atoms with Crippen LogP contribution in [0, 0.1) is 0 Å². The van der Waals surface area contributed by atoms with E-state index in [1.807, 2.05) is 18.7 Å². The lowest BCUT2D eigenvalue weighted by Gasteiger charge is -2.14. The Balaban J connectivity index is 2.71. The van der Waals surface area contributed by atoms with Crippen LogP contribution in [0.25, 0.3) is 0 Å². The summed E-state index contributed by atoms with van der Waals surface area (Å²) in [6.07, 6.45) is 3.16. The van der Waals surface area contributed by atoms with Gasteiger partial charge in [-0.1, -0.05) is 0 Å². The lowest BCUT2D eigenvalue weighted by molar-refractivity contribution is 0.379. The minimum absolute atomic E-state index is 0.319. The smallest absolute Gasteiger partial charge is 0.322 e. The van der Waals surface area contributed by atoms with Crippen LogP contribution < -0.4 is 15.4 Å². The monoisotopic (exact) mass is 271 g/mol. The lowest BCUT2D eigenvalue weighted by Crippen LogP contribution is -2.19. The maximum Gasteiger partial charge on any atom is 0.322 e. The van der Waals surface area contributed by atoms with E-state index in [-0.39, 0.29) is 0 Å². The summed E-state index contributed by atoms with van der Waals surface area (Å²) in [5.41, 5.74) is 0. The van der Waals surface area contributed by atoms with Gasteiger partial charge in [-0.25, -0.2) is 0 Å². The summed E-state index contributed by atoms with van der Waals surface area (Å²) < 4.78 is 5.06. The molecule has 102 valence electrons. The molecule has 0 aromatic carbocycles. The third-order valence-electron chi connectivity index (χ3n) is 2.26. The SMILES string of the molecule is CCNc1nc(NC(C)CCSC)nc(OC)n1. The summed E-state index contributed by atoms with van der Waals surface area (Å²) in [6.45, 7) is 4.86. The summed E-state index contributed by atoms with van der Waals surface area (Å²) in [6, 6.07) is 0.638. The number of rotatable bonds is 8. The van der Waals surface area contributed by atoms with Crippen LogP contribution in [-0.4, -0.2) is 46.7 Å². The van der Waals surface area contributed by atoms with Crippen LogP contribution in [0.5, 0.6) is 6.01 Å². The normalized spacial score (nSPS) is 12.0. The summed E-state index contributed by atoms with van der Waals surface area (Å²) >= 11 is 1.83. The highest BCUT2D eigenvalue weighted by Gasteiger charge is 2.08. The van der Waals surface area contributed by atoms with Crippen molar-refractivity contribution in [3.63, 3.8) is 0 Å². The highest BCUT2D eigenvalue weighted by atomic mass is 32.2. The molecule has 7 heteroatoms. The number of aromatic nitrogens is 3. The van der Waals surface area contributed by atoms with Crippen molar-refractivity contribution in [2.24, 2.45) is 0 Å². The number of hydrogen-bond donors (Lipinski definition) is 2. The molecule has 0 bridgehead atoms. The molecule has 0 spiro atoms. The molecule has 0 aliphatic rings. The van der Waals surface area contributed by atoms with Crippen LogP contribution in [0.3, 0.4) is 0 Å². The Morgan fingerprint density at radius 2 is 2.00 bits per heavy atom. The molecule has 0 radical (unpaired) electrons. The molecular formula is C11H21N5OS. The first-order valence-electron chi connectivity index (χ1n) is 5.99. The van der Waals surface area contributed by atoms with Crippen molar-refractivity contribution in [3.05, 3.63) is 0 Å². The van der Waals surface area contributed by atoms with E-state index in [1.165, 1.54) is 0 Å². The van der Waals surface area contributed by atoms with Crippen LogP contribution in [0.4, 0.5) is 11.9 Å². The highest BCUT2D eigenvalue weighted by molar-refractivity contribution is 7.98. The summed E-state index contributed by atoms with van der Waals surface area (Å²) in [5.74, 6) is 2.19. The first kappa shape index (κ1) is 14.8. The van der Waals surface area contributed by atoms with Crippen molar-refractivity contribution in [3.8, 4) is 6.01 Å². The van der Waals surface area contributed by atoms with E-state index in [4.69, 9.17) is 4.74 Å². The fraction of sp³-hybridized carbons (Fsp3) is 0.727. The molecule has 2 N–H and O–H groups in total. The molecule has 1 rings (SSSR count). The Hall–Kier alpha value is -1.24. The fourth-order valence-corrected chi connectivity index (χ4v) is 1.93. The van der Waals surface area contributed by atoms with Crippen molar-refractivity contribution in [2.75, 3.05) is 36.3 Å². The van der Waals surface area contributed by atoms with Crippen molar-refractivity contribution in [1.82, 2.24) is 15.0 Å². The Morgan fingerprint density at radius 1 is 1.28 bits per heavy atom. The largest absolute Gasteiger partial charge is 0.467 e. The van der Waals surface area contributed by atoms with Gasteiger partial charge in [-0.2, -0.15) is 26.7 Å². The molecule has 6 nitrogen and oxygen atoms in total. The van der Waals surface area contributed by atoms with Gasteiger partial charge >= 0.3 is 6.01 Å². The topological polar surface area (TPSA) is 72.0 Å². The van der Waals surface area contributed by atoms with Gasteiger partial charge in [0, 0.05) is 12.6 Å². The third-order valence-corrected chi connectivity index (χ3v) is 2.91. The number of anilines is 2. The molecule has 0 amide bonds. The van der Waals surface area contributed by atoms with Crippen molar-refractivity contribution < 1.29 is 4.74 Å². The standard InChI is InChI=1S/C11H21N5OS/c1-5-12-9-14-10(16-11(15-9)17-3)13-8(2)6-7-18-4/h8H,5-7H2,1-4H3,(H2,12,13,14,15,16). The third kappa shape index (κ3) is 4.95. The second kappa shape index (κ2) is 7.97. The quantitative estimate of drug-likeness (QED) is 0.747. The highest BCUT2D eigenvalue weighted by Crippen LogP contribution is 2.12. The van der Waals surface area contributed by atoms with Crippen LogP contribution in [-0.2, 0) is 0 Å². The van der Waals surface area contributed by atoms with Gasteiger partial charge in [0.25, 0.3) is 0 Å². The number of thioether (sulfide) groups is 1. The predicted molar refractivity (Wildman–Crippen MR) is 76.6 cm³/mol. The summed E-state index contributed by atoms with van der Waals surface area (Å²) in [4.78, 5) is 12.6. The van der Waals surface area contributed by atoms with Crippen molar-refractivity contribution >= 4 is 23.7 Å². The van der Waals surface area contributed by atoms with Gasteiger partial charge in [0.05, 0.1) is 7.11 Å². The summed E-state index contributed by atoms with van der Waals surface area (Å²) in [7, 11) is 1.55. The van der Waals surface area contributed by atoms with E-state index in [0.29, 0.717) is 23.9 Å². The van der Waals surface area contributed by atoms with E-state index in [9.17, 15) is 0 Å². The molecule has 1 atom stereocenters. The first-order chi connectivity index (χ1) is 8.69. The van der Waals surface area contributed by atoms with Gasteiger partial charge in [0.1, 0.15) is 0 Å². The second-order valence-corrected chi connectivity index (χ2v) is 4.81. The van der Waals surface area contributed by atoms with Gasteiger partial charge < -0.3 is 15.4 Å². The minimum atomic E-state index is 0.319. The maximum atomic E-state index is 5.06. The zero-order valence-corrected chi connectivity index (χ0v) is 12.2. The molecule has 0 aliphatic carbocycles. The molecule has 0 saturated heterocycles. The molecule has 0 saturated carbocycles. The molecule has 1 aromatic rings. The molecule has 0 aliphatic heterocycles. The zero-order chi connectivity index (χ0) is 13.4. The molecule has 1 unspecified atom stereocenters. The molecule has 18 heavy (non-hydrogen) atoms. The van der Waals surface area contributed by atoms with E-state index in [1.54, 1.807) is 7.11 Å². The van der Waals surface area contributed by atoms with Crippen LogP contribution in [0.15, 0.2) is 0 Å². The average molecular weight is 271 g/mol. The van der Waals surface area contributed by atoms with Gasteiger partial charge in [0.15, 0.2) is 0 Å². The van der Waals surface area contributed by atoms with Crippen molar-refractivity contribution in [2.45, 2.75) is 26.3 Å². The Labute approximate surface area is 112 Å². The van der Waals surface area contributed by atoms with Gasteiger partial charge in [0.2, 0.25) is 11.9 Å². The van der Waals surface area contributed by atoms with Gasteiger partial charge in [-0.15, -0.1) is 0 Å². The van der Waals surface area contributed by atoms with Crippen LogP contribution in [0.2, 0.25) is 0 Å². The number of ether oxygens (including phenoxy) is 1. The number of hydrogen-bond acceptors (Lipinski definition) is 7. The van der Waals surface area contributed by atoms with E-state index >= 15 is 0 Å². The molecule has 1 heterocycles. The maximum absolute atomic E-state index is 5.06. The van der Waals surface area contributed by atoms with E-state index in [0.717, 1.165) is 18.7 Å². The molecular weight excluding hydrogens is 250 g/mol. The second-order valence-electron chi connectivity index (χ2n) is 3.83. The Bertz CT molecular complexity index is 363. The van der Waals surface area contributed by atoms with Crippen LogP contribution >= 0.6 is 11.8 Å². The number of nitrogens with zero attached hydrogens (tertiary/aromatic N) is 3. The van der Waals surface area contributed by atoms with Gasteiger partial charge in [-0.3, -0.25) is 0 Å². The van der Waals surface area contributed by atoms with Crippen LogP contribution in [0.1, 0.15) is 20.3 Å². The first-order valence-corrected chi connectivity index (χ1v) is 7.38. The number of nitrogens with one attached hydrogen (secondary N) is 2.